The number of nitrogens with zero attached hydrogens (tertiary/aromatic N) is 4. The highest BCUT2D eigenvalue weighted by Crippen LogP contribution is 2.36. The van der Waals surface area contributed by atoms with E-state index in [0.717, 1.165) is 27.8 Å². The molecule has 4 heterocycles. The first-order valence-corrected chi connectivity index (χ1v) is 12.4. The predicted molar refractivity (Wildman–Crippen MR) is 131 cm³/mol. The molecule has 0 atom stereocenters. The van der Waals surface area contributed by atoms with E-state index in [1.807, 2.05) is 48.7 Å². The molecule has 0 bridgehead atoms. The Morgan fingerprint density at radius 3 is 2.55 bits per heavy atom. The number of thiophene rings is 1. The normalized spacial score (nSPS) is 12.5. The van der Waals surface area contributed by atoms with Crippen molar-refractivity contribution in [3.05, 3.63) is 77.8 Å². The van der Waals surface area contributed by atoms with Gasteiger partial charge >= 0.3 is 0 Å². The zero-order chi connectivity index (χ0) is 22.6. The van der Waals surface area contributed by atoms with Crippen molar-refractivity contribution in [1.82, 2.24) is 19.6 Å². The van der Waals surface area contributed by atoms with Gasteiger partial charge in [-0.2, -0.15) is 9.78 Å². The number of nitrogens with two attached hydrogens (primary N) is 1. The Hall–Kier alpha value is -4.02. The molecule has 2 aromatic carbocycles. The highest BCUT2D eigenvalue weighted by molar-refractivity contribution is 7.93. The van der Waals surface area contributed by atoms with Crippen LogP contribution in [0.3, 0.4) is 0 Å². The molecule has 8 nitrogen and oxygen atoms in total. The number of nitrogens with one attached hydrogen (secondary N) is 1. The van der Waals surface area contributed by atoms with E-state index in [-0.39, 0.29) is 26.1 Å². The van der Waals surface area contributed by atoms with Crippen molar-refractivity contribution in [3.8, 4) is 0 Å². The van der Waals surface area contributed by atoms with Crippen LogP contribution in [0, 0.1) is 0 Å². The quantitative estimate of drug-likeness (QED) is 0.368. The van der Waals surface area contributed by atoms with E-state index in [1.54, 1.807) is 29.8 Å². The van der Waals surface area contributed by atoms with Crippen molar-refractivity contribution in [2.75, 3.05) is 5.73 Å². The maximum atomic E-state index is 13.5. The van der Waals surface area contributed by atoms with Crippen LogP contribution < -0.4 is 5.73 Å². The Labute approximate surface area is 191 Å². The molecule has 0 saturated heterocycles. The molecular weight excluding hydrogens is 456 g/mol. The van der Waals surface area contributed by atoms with Gasteiger partial charge in [0.2, 0.25) is 9.84 Å². The number of benzene rings is 2. The monoisotopic (exact) mass is 472 g/mol. The van der Waals surface area contributed by atoms with Gasteiger partial charge in [0.1, 0.15) is 20.4 Å². The molecule has 33 heavy (non-hydrogen) atoms. The van der Waals surface area contributed by atoms with Gasteiger partial charge in [-0.1, -0.05) is 36.4 Å². The number of H-pyrrole nitrogens is 1. The molecule has 0 saturated carbocycles. The third kappa shape index (κ3) is 3.03. The SMILES string of the molecule is Nc1c(S(=O)(=O)c2cccs2)c2nc3ccccc3nc2n1/N=C\c1c[nH]c2ccccc12. The highest BCUT2D eigenvalue weighted by Gasteiger charge is 2.31. The lowest BCUT2D eigenvalue weighted by Crippen LogP contribution is -2.05. The van der Waals surface area contributed by atoms with E-state index in [0.29, 0.717) is 11.0 Å². The fourth-order valence-electron chi connectivity index (χ4n) is 3.84. The molecule has 10 heteroatoms. The maximum Gasteiger partial charge on any atom is 0.221 e. The first-order chi connectivity index (χ1) is 16.0. The minimum absolute atomic E-state index is 0.0372. The summed E-state index contributed by atoms with van der Waals surface area (Å²) in [6, 6.07) is 18.3. The number of hydrogen-bond donors (Lipinski definition) is 2. The molecule has 0 spiro atoms. The van der Waals surface area contributed by atoms with E-state index >= 15 is 0 Å². The van der Waals surface area contributed by atoms with Gasteiger partial charge in [0.25, 0.3) is 0 Å². The van der Waals surface area contributed by atoms with Crippen LogP contribution in [0.4, 0.5) is 5.82 Å². The van der Waals surface area contributed by atoms with Crippen molar-refractivity contribution in [2.24, 2.45) is 5.10 Å². The number of nitrogen functional groups attached to an aromatic ring is 1. The molecule has 0 radical (unpaired) electrons. The van der Waals surface area contributed by atoms with Gasteiger partial charge in [-0.25, -0.2) is 18.4 Å². The van der Waals surface area contributed by atoms with Crippen molar-refractivity contribution >= 4 is 66.3 Å². The molecule has 0 amide bonds. The van der Waals surface area contributed by atoms with Crippen molar-refractivity contribution < 1.29 is 8.42 Å². The minimum Gasteiger partial charge on any atom is -0.382 e. The zero-order valence-electron chi connectivity index (χ0n) is 17.0. The van der Waals surface area contributed by atoms with Crippen molar-refractivity contribution in [2.45, 2.75) is 9.10 Å². The largest absolute Gasteiger partial charge is 0.382 e. The molecule has 0 fully saturated rings. The van der Waals surface area contributed by atoms with E-state index in [2.05, 4.69) is 20.1 Å². The minimum atomic E-state index is -3.92. The summed E-state index contributed by atoms with van der Waals surface area (Å²) in [5.41, 5.74) is 9.87. The molecule has 0 aliphatic rings. The van der Waals surface area contributed by atoms with Crippen LogP contribution in [0.25, 0.3) is 33.1 Å². The van der Waals surface area contributed by atoms with Crippen molar-refractivity contribution in [3.63, 3.8) is 0 Å². The fraction of sp³-hybridized carbons (Fsp3) is 0. The number of aromatic amines is 1. The number of rotatable bonds is 4. The summed E-state index contributed by atoms with van der Waals surface area (Å²) >= 11 is 1.12. The van der Waals surface area contributed by atoms with Crippen LogP contribution in [-0.2, 0) is 9.84 Å². The Kier molecular flexibility index (Phi) is 4.32. The zero-order valence-corrected chi connectivity index (χ0v) is 18.6. The van der Waals surface area contributed by atoms with E-state index in [9.17, 15) is 8.42 Å². The number of para-hydroxylation sites is 3. The molecule has 0 aliphatic heterocycles. The summed E-state index contributed by atoms with van der Waals surface area (Å²) < 4.78 is 28.5. The molecule has 4 aromatic heterocycles. The summed E-state index contributed by atoms with van der Waals surface area (Å²) in [5.74, 6) is -0.0372. The van der Waals surface area contributed by atoms with Crippen LogP contribution in [0.2, 0.25) is 0 Å². The van der Waals surface area contributed by atoms with Gasteiger partial charge in [0, 0.05) is 22.7 Å². The Balaban J connectivity index is 1.63. The number of hydrogen-bond acceptors (Lipinski definition) is 7. The predicted octanol–water partition coefficient (Wildman–Crippen LogP) is 4.42. The Morgan fingerprint density at radius 2 is 1.76 bits per heavy atom. The molecule has 3 N–H and O–H groups in total. The second kappa shape index (κ2) is 7.26. The third-order valence-corrected chi connectivity index (χ3v) is 8.61. The molecule has 0 aliphatic carbocycles. The maximum absolute atomic E-state index is 13.5. The van der Waals surface area contributed by atoms with Gasteiger partial charge < -0.3 is 10.7 Å². The van der Waals surface area contributed by atoms with E-state index < -0.39 is 9.84 Å². The van der Waals surface area contributed by atoms with Gasteiger partial charge in [0.05, 0.1) is 17.2 Å². The number of sulfone groups is 1. The summed E-state index contributed by atoms with van der Waals surface area (Å²) in [6.07, 6.45) is 3.47. The average molecular weight is 473 g/mol. The lowest BCUT2D eigenvalue weighted by atomic mass is 10.2. The summed E-state index contributed by atoms with van der Waals surface area (Å²) in [7, 11) is -3.92. The molecular formula is C23H16N6O2S2. The highest BCUT2D eigenvalue weighted by atomic mass is 32.2. The Morgan fingerprint density at radius 1 is 1.00 bits per heavy atom. The van der Waals surface area contributed by atoms with Crippen LogP contribution in [0.1, 0.15) is 5.56 Å². The molecule has 0 unspecified atom stereocenters. The average Bonchev–Trinajstić information content (AvgIpc) is 3.55. The number of anilines is 1. The fourth-order valence-corrected chi connectivity index (χ4v) is 6.43. The standard InChI is InChI=1S/C23H16N6O2S2/c24-22-21(33(30,31)19-10-5-11-32-19)20-23(28-18-9-4-3-8-17(18)27-20)29(22)26-13-14-12-25-16-7-2-1-6-15(14)16/h1-13,25H,24H2/b26-13-. The van der Waals surface area contributed by atoms with Gasteiger partial charge in [-0.15, -0.1) is 11.3 Å². The molecule has 6 aromatic rings. The topological polar surface area (TPSA) is 119 Å². The van der Waals surface area contributed by atoms with Crippen LogP contribution in [0.15, 0.2) is 86.4 Å². The second-order valence-electron chi connectivity index (χ2n) is 7.38. The molecule has 162 valence electrons. The number of fused-ring (bicyclic) bond motifs is 3. The van der Waals surface area contributed by atoms with Gasteiger partial charge in [0.15, 0.2) is 5.65 Å². The van der Waals surface area contributed by atoms with Crippen molar-refractivity contribution in [1.29, 1.82) is 0 Å². The number of aromatic nitrogens is 4. The summed E-state index contributed by atoms with van der Waals surface area (Å²) in [4.78, 5) is 12.4. The van der Waals surface area contributed by atoms with E-state index in [4.69, 9.17) is 5.73 Å². The van der Waals surface area contributed by atoms with Crippen LogP contribution in [-0.4, -0.2) is 34.3 Å². The van der Waals surface area contributed by atoms with Gasteiger partial charge in [-0.3, -0.25) is 0 Å². The van der Waals surface area contributed by atoms with Gasteiger partial charge in [-0.05, 0) is 29.6 Å². The smallest absolute Gasteiger partial charge is 0.221 e. The molecule has 6 rings (SSSR count). The lowest BCUT2D eigenvalue weighted by molar-refractivity contribution is 0.599. The summed E-state index contributed by atoms with van der Waals surface area (Å²) in [5, 5.41) is 7.22. The van der Waals surface area contributed by atoms with Crippen LogP contribution in [0.5, 0.6) is 0 Å². The summed E-state index contributed by atoms with van der Waals surface area (Å²) in [6.45, 7) is 0. The van der Waals surface area contributed by atoms with E-state index in [1.165, 1.54) is 4.68 Å². The third-order valence-electron chi connectivity index (χ3n) is 5.39. The second-order valence-corrected chi connectivity index (χ2v) is 10.4. The first-order valence-electron chi connectivity index (χ1n) is 10.00. The lowest BCUT2D eigenvalue weighted by Gasteiger charge is -2.02. The first kappa shape index (κ1) is 19.6. The Bertz CT molecular complexity index is 1800. The van der Waals surface area contributed by atoms with Crippen LogP contribution >= 0.6 is 11.3 Å².